The van der Waals surface area contributed by atoms with Crippen LogP contribution < -0.4 is 0 Å². The molecule has 2 saturated carbocycles. The van der Waals surface area contributed by atoms with E-state index in [1.165, 1.54) is 64.2 Å². The van der Waals surface area contributed by atoms with Crippen molar-refractivity contribution in [3.8, 4) is 0 Å². The number of hydrogen-bond acceptors (Lipinski definition) is 0. The average molecular weight is 262 g/mol. The van der Waals surface area contributed by atoms with Crippen LogP contribution in [0.4, 0.5) is 0 Å². The first-order chi connectivity index (χ1) is 9.19. The molecule has 0 spiro atoms. The van der Waals surface area contributed by atoms with Crippen LogP contribution >= 0.6 is 0 Å². The van der Waals surface area contributed by atoms with Crippen LogP contribution in [-0.4, -0.2) is 0 Å². The molecule has 19 heavy (non-hydrogen) atoms. The Morgan fingerprint density at radius 1 is 0.947 bits per heavy atom. The molecule has 0 amide bonds. The summed E-state index contributed by atoms with van der Waals surface area (Å²) in [5.74, 6) is 3.86. The Balaban J connectivity index is 1.78. The Morgan fingerprint density at radius 2 is 1.58 bits per heavy atom. The van der Waals surface area contributed by atoms with Gasteiger partial charge in [-0.05, 0) is 69.1 Å². The predicted octanol–water partition coefficient (Wildman–Crippen LogP) is 6.37. The summed E-state index contributed by atoms with van der Waals surface area (Å²) in [5.41, 5.74) is 1.73. The zero-order chi connectivity index (χ0) is 13.7. The van der Waals surface area contributed by atoms with Crippen LogP contribution in [0.25, 0.3) is 0 Å². The Kier molecular flexibility index (Phi) is 5.98. The molecule has 0 aromatic heterocycles. The van der Waals surface area contributed by atoms with Gasteiger partial charge in [-0.1, -0.05) is 51.2 Å². The van der Waals surface area contributed by atoms with Crippen molar-refractivity contribution in [2.75, 3.05) is 0 Å². The van der Waals surface area contributed by atoms with Crippen molar-refractivity contribution in [2.45, 2.75) is 85.0 Å². The maximum absolute atomic E-state index is 2.67. The predicted molar refractivity (Wildman–Crippen MR) is 85.2 cm³/mol. The molecule has 0 heteroatoms. The minimum absolute atomic E-state index is 0.910. The van der Waals surface area contributed by atoms with E-state index in [2.05, 4.69) is 26.8 Å². The Bertz CT molecular complexity index is 272. The van der Waals surface area contributed by atoms with E-state index < -0.39 is 0 Å². The largest absolute Gasteiger partial charge is 0.0822 e. The van der Waals surface area contributed by atoms with Gasteiger partial charge in [0.25, 0.3) is 0 Å². The van der Waals surface area contributed by atoms with Crippen molar-refractivity contribution in [1.29, 1.82) is 0 Å². The van der Waals surface area contributed by atoms with Crippen molar-refractivity contribution in [3.63, 3.8) is 0 Å². The molecule has 0 aromatic carbocycles. The highest BCUT2D eigenvalue weighted by Crippen LogP contribution is 2.36. The van der Waals surface area contributed by atoms with Gasteiger partial charge in [-0.25, -0.2) is 0 Å². The fraction of sp³-hybridized carbons (Fsp3) is 0.895. The van der Waals surface area contributed by atoms with Crippen molar-refractivity contribution in [1.82, 2.24) is 0 Å². The Labute approximate surface area is 121 Å². The third-order valence-corrected chi connectivity index (χ3v) is 5.75. The number of rotatable bonds is 4. The van der Waals surface area contributed by atoms with E-state index in [4.69, 9.17) is 0 Å². The Hall–Kier alpha value is -0.260. The van der Waals surface area contributed by atoms with Gasteiger partial charge in [0.1, 0.15) is 0 Å². The van der Waals surface area contributed by atoms with E-state index in [9.17, 15) is 0 Å². The van der Waals surface area contributed by atoms with Crippen LogP contribution in [0, 0.1) is 23.7 Å². The maximum Gasteiger partial charge on any atom is -0.0206 e. The van der Waals surface area contributed by atoms with Crippen LogP contribution in [0.15, 0.2) is 11.6 Å². The van der Waals surface area contributed by atoms with Gasteiger partial charge in [-0.3, -0.25) is 0 Å². The normalized spacial score (nSPS) is 37.3. The third kappa shape index (κ3) is 4.65. The molecule has 2 aliphatic carbocycles. The summed E-state index contributed by atoms with van der Waals surface area (Å²) in [5, 5.41) is 0. The minimum atomic E-state index is 0.910. The summed E-state index contributed by atoms with van der Waals surface area (Å²) in [6, 6.07) is 0. The second-order valence-electron chi connectivity index (χ2n) is 7.44. The van der Waals surface area contributed by atoms with Crippen molar-refractivity contribution >= 4 is 0 Å². The lowest BCUT2D eigenvalue weighted by Gasteiger charge is -2.30. The molecule has 0 nitrogen and oxygen atoms in total. The molecule has 0 bridgehead atoms. The molecule has 2 fully saturated rings. The van der Waals surface area contributed by atoms with Gasteiger partial charge in [0, 0.05) is 0 Å². The lowest BCUT2D eigenvalue weighted by atomic mass is 9.76. The lowest BCUT2D eigenvalue weighted by Crippen LogP contribution is -2.16. The van der Waals surface area contributed by atoms with E-state index in [1.54, 1.807) is 5.57 Å². The standard InChI is InChI=1S/C19H34/c1-4-5-17-8-10-18(11-9-17)14-16(3)19-12-6-15(2)7-13-19/h14-15,17-19H,4-13H2,1-3H3. The highest BCUT2D eigenvalue weighted by atomic mass is 14.3. The first kappa shape index (κ1) is 15.1. The SMILES string of the molecule is CCCC1CCC(C=C(C)C2CCC(C)CC2)CC1. The zero-order valence-electron chi connectivity index (χ0n) is 13.5. The third-order valence-electron chi connectivity index (χ3n) is 5.75. The van der Waals surface area contributed by atoms with Gasteiger partial charge < -0.3 is 0 Å². The van der Waals surface area contributed by atoms with Crippen molar-refractivity contribution in [2.24, 2.45) is 23.7 Å². The molecule has 0 saturated heterocycles. The van der Waals surface area contributed by atoms with E-state index >= 15 is 0 Å². The van der Waals surface area contributed by atoms with Crippen LogP contribution in [0.3, 0.4) is 0 Å². The highest BCUT2D eigenvalue weighted by molar-refractivity contribution is 5.07. The monoisotopic (exact) mass is 262 g/mol. The summed E-state index contributed by atoms with van der Waals surface area (Å²) in [4.78, 5) is 0. The lowest BCUT2D eigenvalue weighted by molar-refractivity contribution is 0.288. The fourth-order valence-electron chi connectivity index (χ4n) is 4.28. The molecule has 0 radical (unpaired) electrons. The topological polar surface area (TPSA) is 0 Å². The molecular formula is C19H34. The summed E-state index contributed by atoms with van der Waals surface area (Å²) in [6.45, 7) is 7.17. The zero-order valence-corrected chi connectivity index (χ0v) is 13.5. The van der Waals surface area contributed by atoms with E-state index in [0.29, 0.717) is 0 Å². The molecule has 0 unspecified atom stereocenters. The van der Waals surface area contributed by atoms with Gasteiger partial charge in [-0.15, -0.1) is 0 Å². The molecule has 0 atom stereocenters. The van der Waals surface area contributed by atoms with Crippen LogP contribution in [-0.2, 0) is 0 Å². The van der Waals surface area contributed by atoms with Gasteiger partial charge >= 0.3 is 0 Å². The van der Waals surface area contributed by atoms with E-state index in [1.807, 2.05) is 0 Å². The van der Waals surface area contributed by atoms with Crippen molar-refractivity contribution < 1.29 is 0 Å². The second kappa shape index (κ2) is 7.50. The van der Waals surface area contributed by atoms with Gasteiger partial charge in [0.15, 0.2) is 0 Å². The first-order valence-corrected chi connectivity index (χ1v) is 8.87. The van der Waals surface area contributed by atoms with Crippen LogP contribution in [0.1, 0.15) is 85.0 Å². The second-order valence-corrected chi connectivity index (χ2v) is 7.44. The van der Waals surface area contributed by atoms with E-state index in [-0.39, 0.29) is 0 Å². The molecule has 110 valence electrons. The fourth-order valence-corrected chi connectivity index (χ4v) is 4.28. The molecule has 0 aliphatic heterocycles. The van der Waals surface area contributed by atoms with Crippen LogP contribution in [0.2, 0.25) is 0 Å². The summed E-state index contributed by atoms with van der Waals surface area (Å²) in [7, 11) is 0. The van der Waals surface area contributed by atoms with Gasteiger partial charge in [0.05, 0.1) is 0 Å². The van der Waals surface area contributed by atoms with Gasteiger partial charge in [-0.2, -0.15) is 0 Å². The van der Waals surface area contributed by atoms with Gasteiger partial charge in [0.2, 0.25) is 0 Å². The number of hydrogen-bond donors (Lipinski definition) is 0. The van der Waals surface area contributed by atoms with E-state index in [0.717, 1.165) is 23.7 Å². The maximum atomic E-state index is 2.67. The molecule has 2 aliphatic rings. The summed E-state index contributed by atoms with van der Waals surface area (Å²) < 4.78 is 0. The molecule has 0 heterocycles. The number of allylic oxidation sites excluding steroid dienone is 2. The minimum Gasteiger partial charge on any atom is -0.0822 e. The first-order valence-electron chi connectivity index (χ1n) is 8.87. The molecule has 0 N–H and O–H groups in total. The Morgan fingerprint density at radius 3 is 2.16 bits per heavy atom. The molecule has 0 aromatic rings. The summed E-state index contributed by atoms with van der Waals surface area (Å²) in [6.07, 6.45) is 17.2. The average Bonchev–Trinajstić information content (AvgIpc) is 2.42. The van der Waals surface area contributed by atoms with Crippen molar-refractivity contribution in [3.05, 3.63) is 11.6 Å². The van der Waals surface area contributed by atoms with Crippen LogP contribution in [0.5, 0.6) is 0 Å². The summed E-state index contributed by atoms with van der Waals surface area (Å²) >= 11 is 0. The molecular weight excluding hydrogens is 228 g/mol. The smallest absolute Gasteiger partial charge is 0.0206 e. The quantitative estimate of drug-likeness (QED) is 0.517. The highest BCUT2D eigenvalue weighted by Gasteiger charge is 2.22. The molecule has 2 rings (SSSR count).